The van der Waals surface area contributed by atoms with Crippen molar-refractivity contribution in [1.29, 1.82) is 0 Å². The summed E-state index contributed by atoms with van der Waals surface area (Å²) in [4.78, 5) is 0. The summed E-state index contributed by atoms with van der Waals surface area (Å²) in [6.07, 6.45) is 3.15. The normalized spacial score (nSPS) is 19.4. The highest BCUT2D eigenvalue weighted by molar-refractivity contribution is 6.30. The van der Waals surface area contributed by atoms with Crippen molar-refractivity contribution >= 4 is 22.5 Å². The average Bonchev–Trinajstić information content (AvgIpc) is 3.26. The van der Waals surface area contributed by atoms with Gasteiger partial charge in [0.15, 0.2) is 0 Å². The van der Waals surface area contributed by atoms with Crippen LogP contribution in [0.2, 0.25) is 5.02 Å². The van der Waals surface area contributed by atoms with Crippen LogP contribution in [0, 0.1) is 25.7 Å². The maximum Gasteiger partial charge on any atom is 0.258 e. The monoisotopic (exact) mass is 355 g/mol. The van der Waals surface area contributed by atoms with E-state index in [4.69, 9.17) is 16.3 Å². The van der Waals surface area contributed by atoms with Crippen molar-refractivity contribution in [2.24, 2.45) is 11.8 Å². The molecule has 0 amide bonds. The lowest BCUT2D eigenvalue weighted by atomic mass is 10.2. The lowest BCUT2D eigenvalue weighted by molar-refractivity contribution is 0.293. The van der Waals surface area contributed by atoms with Gasteiger partial charge in [-0.2, -0.15) is 5.10 Å². The zero-order chi connectivity index (χ0) is 17.6. The van der Waals surface area contributed by atoms with Crippen LogP contribution in [-0.2, 0) is 13.2 Å². The molecule has 1 aliphatic rings. The number of halogens is 1. The first-order valence-electron chi connectivity index (χ1n) is 8.73. The second kappa shape index (κ2) is 6.34. The quantitative estimate of drug-likeness (QED) is 0.651. The van der Waals surface area contributed by atoms with Gasteiger partial charge < -0.3 is 9.30 Å². The number of hydrogen-bond acceptors (Lipinski definition) is 3. The summed E-state index contributed by atoms with van der Waals surface area (Å²) in [5, 5.41) is 10.3. The molecule has 0 bridgehead atoms. The number of hydrogen-bond donors (Lipinski definition) is 0. The van der Waals surface area contributed by atoms with E-state index in [2.05, 4.69) is 35.5 Å². The molecule has 2 aromatic heterocycles. The summed E-state index contributed by atoms with van der Waals surface area (Å²) in [6.45, 7) is 8.12. The Morgan fingerprint density at radius 2 is 1.96 bits per heavy atom. The molecule has 4 nitrogen and oxygen atoms in total. The second-order valence-electron chi connectivity index (χ2n) is 7.12. The Morgan fingerprint density at radius 1 is 1.24 bits per heavy atom. The van der Waals surface area contributed by atoms with Gasteiger partial charge in [-0.05, 0) is 55.4 Å². The third-order valence-corrected chi connectivity index (χ3v) is 5.65. The topological polar surface area (TPSA) is 39.9 Å². The first-order chi connectivity index (χ1) is 12.0. The lowest BCUT2D eigenvalue weighted by Gasteiger charge is -2.11. The zero-order valence-corrected chi connectivity index (χ0v) is 15.5. The molecule has 0 saturated heterocycles. The molecule has 4 rings (SSSR count). The van der Waals surface area contributed by atoms with Gasteiger partial charge >= 0.3 is 0 Å². The first kappa shape index (κ1) is 16.4. The van der Waals surface area contributed by atoms with Gasteiger partial charge in [0.2, 0.25) is 0 Å². The molecule has 2 heterocycles. The van der Waals surface area contributed by atoms with Crippen LogP contribution < -0.4 is 4.74 Å². The highest BCUT2D eigenvalue weighted by atomic mass is 35.5. The molecular formula is C20H22ClN3O. The SMILES string of the molecule is Cc1c(C)n(C[C@H]2C[C@@H]2C)c2c(OCc3ccc(Cl)cc3)nncc12. The van der Waals surface area contributed by atoms with Crippen LogP contribution in [-0.4, -0.2) is 14.8 Å². The van der Waals surface area contributed by atoms with Crippen LogP contribution in [0.25, 0.3) is 10.9 Å². The molecule has 25 heavy (non-hydrogen) atoms. The van der Waals surface area contributed by atoms with Gasteiger partial charge in [-0.1, -0.05) is 30.7 Å². The van der Waals surface area contributed by atoms with E-state index in [-0.39, 0.29) is 0 Å². The summed E-state index contributed by atoms with van der Waals surface area (Å²) < 4.78 is 8.41. The Labute approximate surface area is 152 Å². The molecule has 130 valence electrons. The molecule has 1 saturated carbocycles. The number of fused-ring (bicyclic) bond motifs is 1. The summed E-state index contributed by atoms with van der Waals surface area (Å²) in [5.41, 5.74) is 4.67. The van der Waals surface area contributed by atoms with E-state index in [1.165, 1.54) is 17.7 Å². The Bertz CT molecular complexity index is 917. The van der Waals surface area contributed by atoms with Crippen molar-refractivity contribution in [2.75, 3.05) is 0 Å². The number of aromatic nitrogens is 3. The molecule has 1 aliphatic carbocycles. The molecule has 1 fully saturated rings. The summed E-state index contributed by atoms with van der Waals surface area (Å²) in [7, 11) is 0. The standard InChI is InChI=1S/C20H22ClN3O/c1-12-8-16(12)10-24-14(3)13(2)18-9-22-23-20(19(18)24)25-11-15-4-6-17(21)7-5-15/h4-7,9,12,16H,8,10-11H2,1-3H3/t12-,16+/m0/s1. The van der Waals surface area contributed by atoms with Crippen molar-refractivity contribution in [3.05, 3.63) is 52.3 Å². The lowest BCUT2D eigenvalue weighted by Crippen LogP contribution is -2.06. The van der Waals surface area contributed by atoms with Crippen molar-refractivity contribution < 1.29 is 4.74 Å². The Morgan fingerprint density at radius 3 is 2.64 bits per heavy atom. The summed E-state index contributed by atoms with van der Waals surface area (Å²) >= 11 is 5.95. The highest BCUT2D eigenvalue weighted by Crippen LogP contribution is 2.41. The molecule has 1 aromatic carbocycles. The van der Waals surface area contributed by atoms with Crippen molar-refractivity contribution in [3.8, 4) is 5.88 Å². The van der Waals surface area contributed by atoms with E-state index < -0.39 is 0 Å². The smallest absolute Gasteiger partial charge is 0.258 e. The van der Waals surface area contributed by atoms with E-state index in [9.17, 15) is 0 Å². The van der Waals surface area contributed by atoms with E-state index in [0.29, 0.717) is 12.5 Å². The van der Waals surface area contributed by atoms with E-state index in [1.807, 2.05) is 30.5 Å². The van der Waals surface area contributed by atoms with E-state index >= 15 is 0 Å². The molecular weight excluding hydrogens is 334 g/mol. The van der Waals surface area contributed by atoms with E-state index in [0.717, 1.165) is 39.9 Å². The predicted octanol–water partition coefficient (Wildman–Crippen LogP) is 4.94. The summed E-state index contributed by atoms with van der Waals surface area (Å²) in [6, 6.07) is 7.69. The fourth-order valence-corrected chi connectivity index (χ4v) is 3.53. The predicted molar refractivity (Wildman–Crippen MR) is 100 cm³/mol. The van der Waals surface area contributed by atoms with Gasteiger partial charge in [-0.25, -0.2) is 0 Å². The molecule has 0 radical (unpaired) electrons. The molecule has 2 atom stereocenters. The minimum absolute atomic E-state index is 0.452. The first-order valence-corrected chi connectivity index (χ1v) is 9.10. The summed E-state index contributed by atoms with van der Waals surface area (Å²) in [5.74, 6) is 2.17. The largest absolute Gasteiger partial charge is 0.470 e. The maximum atomic E-state index is 6.05. The third kappa shape index (κ3) is 3.11. The fraction of sp³-hybridized carbons (Fsp3) is 0.400. The van der Waals surface area contributed by atoms with Crippen molar-refractivity contribution in [1.82, 2.24) is 14.8 Å². The number of nitrogens with zero attached hydrogens (tertiary/aromatic N) is 3. The van der Waals surface area contributed by atoms with Crippen LogP contribution in [0.1, 0.15) is 30.2 Å². The Balaban J connectivity index is 1.68. The minimum atomic E-state index is 0.452. The number of ether oxygens (including phenoxy) is 1. The zero-order valence-electron chi connectivity index (χ0n) is 14.8. The highest BCUT2D eigenvalue weighted by Gasteiger charge is 2.34. The minimum Gasteiger partial charge on any atom is -0.470 e. The van der Waals surface area contributed by atoms with E-state index in [1.54, 1.807) is 0 Å². The van der Waals surface area contributed by atoms with Gasteiger partial charge in [0.1, 0.15) is 12.1 Å². The van der Waals surface area contributed by atoms with Gasteiger partial charge in [0.25, 0.3) is 5.88 Å². The average molecular weight is 356 g/mol. The second-order valence-corrected chi connectivity index (χ2v) is 7.56. The van der Waals surface area contributed by atoms with Crippen LogP contribution in [0.5, 0.6) is 5.88 Å². The van der Waals surface area contributed by atoms with Gasteiger partial charge in [-0.3, -0.25) is 0 Å². The maximum absolute atomic E-state index is 6.05. The van der Waals surface area contributed by atoms with Crippen LogP contribution >= 0.6 is 11.6 Å². The van der Waals surface area contributed by atoms with Gasteiger partial charge in [-0.15, -0.1) is 5.10 Å². The molecule has 0 spiro atoms. The Hall–Kier alpha value is -2.07. The van der Waals surface area contributed by atoms with Crippen LogP contribution in [0.3, 0.4) is 0 Å². The molecule has 3 aromatic rings. The number of aryl methyl sites for hydroxylation is 1. The molecule has 0 unspecified atom stereocenters. The molecule has 5 heteroatoms. The van der Waals surface area contributed by atoms with Gasteiger partial charge in [0, 0.05) is 22.6 Å². The van der Waals surface area contributed by atoms with Crippen LogP contribution in [0.4, 0.5) is 0 Å². The third-order valence-electron chi connectivity index (χ3n) is 5.40. The molecule has 0 aliphatic heterocycles. The fourth-order valence-electron chi connectivity index (χ4n) is 3.41. The molecule has 0 N–H and O–H groups in total. The van der Waals surface area contributed by atoms with Crippen LogP contribution in [0.15, 0.2) is 30.5 Å². The van der Waals surface area contributed by atoms with Crippen molar-refractivity contribution in [2.45, 2.75) is 40.3 Å². The van der Waals surface area contributed by atoms with Gasteiger partial charge in [0.05, 0.1) is 6.20 Å². The number of rotatable bonds is 5. The Kier molecular flexibility index (Phi) is 4.16. The number of benzene rings is 1. The van der Waals surface area contributed by atoms with Crippen molar-refractivity contribution in [3.63, 3.8) is 0 Å².